The van der Waals surface area contributed by atoms with Gasteiger partial charge in [0.25, 0.3) is 0 Å². The van der Waals surface area contributed by atoms with E-state index in [1.54, 1.807) is 6.20 Å². The van der Waals surface area contributed by atoms with Gasteiger partial charge >= 0.3 is 0 Å². The second kappa shape index (κ2) is 5.55. The van der Waals surface area contributed by atoms with Crippen LogP contribution in [0.25, 0.3) is 11.5 Å². The third-order valence-corrected chi connectivity index (χ3v) is 2.44. The summed E-state index contributed by atoms with van der Waals surface area (Å²) in [5.41, 5.74) is 4.29. The molecule has 2 rings (SSSR count). The van der Waals surface area contributed by atoms with Crippen molar-refractivity contribution in [1.82, 2.24) is 15.0 Å². The van der Waals surface area contributed by atoms with Gasteiger partial charge in [-0.25, -0.2) is 15.8 Å². The number of nitrogens with one attached hydrogen (secondary N) is 1. The summed E-state index contributed by atoms with van der Waals surface area (Å²) in [7, 11) is 0. The van der Waals surface area contributed by atoms with Crippen molar-refractivity contribution in [3.8, 4) is 11.5 Å². The molecule has 0 spiro atoms. The first kappa shape index (κ1) is 12.4. The molecular weight excluding hydrogens is 226 g/mol. The zero-order valence-corrected chi connectivity index (χ0v) is 10.6. The second-order valence-corrected chi connectivity index (χ2v) is 4.53. The Hall–Kier alpha value is -2.01. The predicted molar refractivity (Wildman–Crippen MR) is 71.6 cm³/mol. The Morgan fingerprint density at radius 3 is 2.72 bits per heavy atom. The Balaban J connectivity index is 2.41. The smallest absolute Gasteiger partial charge is 0.180 e. The third-order valence-electron chi connectivity index (χ3n) is 2.44. The molecule has 0 aliphatic carbocycles. The van der Waals surface area contributed by atoms with Gasteiger partial charge in [0.1, 0.15) is 11.5 Å². The summed E-state index contributed by atoms with van der Waals surface area (Å²) in [5, 5.41) is 0. The first-order valence-corrected chi connectivity index (χ1v) is 5.95. The number of hydrogen-bond donors (Lipinski definition) is 2. The topological polar surface area (TPSA) is 76.7 Å². The molecule has 0 radical (unpaired) electrons. The molecule has 0 atom stereocenters. The molecule has 0 saturated heterocycles. The van der Waals surface area contributed by atoms with Gasteiger partial charge < -0.3 is 5.43 Å². The number of pyridine rings is 1. The highest BCUT2D eigenvalue weighted by atomic mass is 15.3. The number of aromatic nitrogens is 3. The van der Waals surface area contributed by atoms with Crippen molar-refractivity contribution in [3.05, 3.63) is 36.2 Å². The molecular formula is C13H17N5. The van der Waals surface area contributed by atoms with Crippen molar-refractivity contribution in [3.63, 3.8) is 0 Å². The van der Waals surface area contributed by atoms with Crippen molar-refractivity contribution in [2.24, 2.45) is 11.8 Å². The van der Waals surface area contributed by atoms with Gasteiger partial charge in [0, 0.05) is 18.0 Å². The molecule has 0 aliphatic rings. The van der Waals surface area contributed by atoms with Gasteiger partial charge in [-0.1, -0.05) is 19.9 Å². The molecule has 0 aromatic carbocycles. The average molecular weight is 243 g/mol. The zero-order valence-electron chi connectivity index (χ0n) is 10.6. The van der Waals surface area contributed by atoms with Crippen LogP contribution in [0.4, 0.5) is 5.82 Å². The van der Waals surface area contributed by atoms with E-state index in [2.05, 4.69) is 34.2 Å². The summed E-state index contributed by atoms with van der Waals surface area (Å²) < 4.78 is 0. The molecule has 0 fully saturated rings. The van der Waals surface area contributed by atoms with Crippen LogP contribution >= 0.6 is 0 Å². The van der Waals surface area contributed by atoms with Crippen LogP contribution in [0, 0.1) is 5.92 Å². The highest BCUT2D eigenvalue weighted by molar-refractivity contribution is 5.52. The SMILES string of the molecule is CC(C)Cc1cc(NN)nc(-c2ccccn2)n1. The van der Waals surface area contributed by atoms with Crippen LogP contribution in [0.5, 0.6) is 0 Å². The number of nitrogens with two attached hydrogens (primary N) is 1. The number of anilines is 1. The molecule has 0 bridgehead atoms. The van der Waals surface area contributed by atoms with Crippen LogP contribution in [0.2, 0.25) is 0 Å². The van der Waals surface area contributed by atoms with Crippen molar-refractivity contribution < 1.29 is 0 Å². The van der Waals surface area contributed by atoms with Crippen molar-refractivity contribution in [2.45, 2.75) is 20.3 Å². The minimum atomic E-state index is 0.530. The molecule has 0 amide bonds. The Morgan fingerprint density at radius 2 is 2.11 bits per heavy atom. The van der Waals surface area contributed by atoms with Crippen molar-refractivity contribution >= 4 is 5.82 Å². The predicted octanol–water partition coefficient (Wildman–Crippen LogP) is 2.02. The van der Waals surface area contributed by atoms with Gasteiger partial charge in [0.05, 0.1) is 0 Å². The van der Waals surface area contributed by atoms with E-state index in [9.17, 15) is 0 Å². The monoisotopic (exact) mass is 243 g/mol. The van der Waals surface area contributed by atoms with E-state index >= 15 is 0 Å². The summed E-state index contributed by atoms with van der Waals surface area (Å²) in [6.07, 6.45) is 2.61. The van der Waals surface area contributed by atoms with Crippen LogP contribution in [-0.2, 0) is 6.42 Å². The number of rotatable bonds is 4. The quantitative estimate of drug-likeness (QED) is 0.634. The molecule has 5 heteroatoms. The minimum absolute atomic E-state index is 0.530. The van der Waals surface area contributed by atoms with E-state index in [1.165, 1.54) is 0 Å². The van der Waals surface area contributed by atoms with Crippen LogP contribution in [0.3, 0.4) is 0 Å². The fourth-order valence-electron chi connectivity index (χ4n) is 1.70. The molecule has 94 valence electrons. The molecule has 0 unspecified atom stereocenters. The summed E-state index contributed by atoms with van der Waals surface area (Å²) in [6.45, 7) is 4.30. The molecule has 5 nitrogen and oxygen atoms in total. The largest absolute Gasteiger partial charge is 0.308 e. The van der Waals surface area contributed by atoms with E-state index in [4.69, 9.17) is 5.84 Å². The Kier molecular flexibility index (Phi) is 3.84. The van der Waals surface area contributed by atoms with E-state index in [0.717, 1.165) is 17.8 Å². The maximum Gasteiger partial charge on any atom is 0.180 e. The lowest BCUT2D eigenvalue weighted by molar-refractivity contribution is 0.634. The summed E-state index contributed by atoms with van der Waals surface area (Å²) in [4.78, 5) is 13.1. The van der Waals surface area contributed by atoms with Crippen LogP contribution in [0.1, 0.15) is 19.5 Å². The Morgan fingerprint density at radius 1 is 1.28 bits per heavy atom. The highest BCUT2D eigenvalue weighted by Crippen LogP contribution is 2.16. The number of hydrogen-bond acceptors (Lipinski definition) is 5. The molecule has 0 aliphatic heterocycles. The zero-order chi connectivity index (χ0) is 13.0. The molecule has 2 aromatic rings. The summed E-state index contributed by atoms with van der Waals surface area (Å²) in [5.74, 6) is 7.18. The fourth-order valence-corrected chi connectivity index (χ4v) is 1.70. The van der Waals surface area contributed by atoms with E-state index in [1.807, 2.05) is 24.3 Å². The molecule has 18 heavy (non-hydrogen) atoms. The van der Waals surface area contributed by atoms with E-state index < -0.39 is 0 Å². The maximum atomic E-state index is 5.44. The summed E-state index contributed by atoms with van der Waals surface area (Å²) in [6, 6.07) is 7.53. The first-order chi connectivity index (χ1) is 8.69. The lowest BCUT2D eigenvalue weighted by atomic mass is 10.1. The maximum absolute atomic E-state index is 5.44. The first-order valence-electron chi connectivity index (χ1n) is 5.95. The van der Waals surface area contributed by atoms with Gasteiger partial charge in [-0.3, -0.25) is 4.98 Å². The number of nitrogens with zero attached hydrogens (tertiary/aromatic N) is 3. The van der Waals surface area contributed by atoms with Gasteiger partial charge in [0.15, 0.2) is 5.82 Å². The molecule has 2 heterocycles. The van der Waals surface area contributed by atoms with Gasteiger partial charge in [-0.05, 0) is 24.5 Å². The second-order valence-electron chi connectivity index (χ2n) is 4.53. The lowest BCUT2D eigenvalue weighted by Crippen LogP contribution is -2.11. The van der Waals surface area contributed by atoms with Crippen LogP contribution < -0.4 is 11.3 Å². The molecule has 2 aromatic heterocycles. The van der Waals surface area contributed by atoms with Gasteiger partial charge in [-0.2, -0.15) is 0 Å². The standard InChI is InChI=1S/C13H17N5/c1-9(2)7-10-8-12(18-14)17-13(16-10)11-5-3-4-6-15-11/h3-6,8-9H,7,14H2,1-2H3,(H,16,17,18). The fraction of sp³-hybridized carbons (Fsp3) is 0.308. The molecule has 3 N–H and O–H groups in total. The summed E-state index contributed by atoms with van der Waals surface area (Å²) >= 11 is 0. The third kappa shape index (κ3) is 3.01. The lowest BCUT2D eigenvalue weighted by Gasteiger charge is -2.08. The van der Waals surface area contributed by atoms with Crippen molar-refractivity contribution in [2.75, 3.05) is 5.43 Å². The average Bonchev–Trinajstić information content (AvgIpc) is 2.38. The Bertz CT molecular complexity index is 510. The van der Waals surface area contributed by atoms with Gasteiger partial charge in [-0.15, -0.1) is 0 Å². The highest BCUT2D eigenvalue weighted by Gasteiger charge is 2.08. The van der Waals surface area contributed by atoms with E-state index in [-0.39, 0.29) is 0 Å². The van der Waals surface area contributed by atoms with Crippen molar-refractivity contribution in [1.29, 1.82) is 0 Å². The minimum Gasteiger partial charge on any atom is -0.308 e. The number of nitrogen functional groups attached to an aromatic ring is 1. The molecule has 0 saturated carbocycles. The van der Waals surface area contributed by atoms with E-state index in [0.29, 0.717) is 17.6 Å². The van der Waals surface area contributed by atoms with Crippen LogP contribution in [0.15, 0.2) is 30.5 Å². The Labute approximate surface area is 106 Å². The van der Waals surface area contributed by atoms with Gasteiger partial charge in [0.2, 0.25) is 0 Å². The number of hydrazine groups is 1. The normalized spacial score (nSPS) is 10.7. The van der Waals surface area contributed by atoms with Crippen LogP contribution in [-0.4, -0.2) is 15.0 Å².